The van der Waals surface area contributed by atoms with E-state index in [1.807, 2.05) is 25.1 Å². The molecule has 0 radical (unpaired) electrons. The highest BCUT2D eigenvalue weighted by Crippen LogP contribution is 2.39. The Bertz CT molecular complexity index is 880. The molecule has 0 bridgehead atoms. The Morgan fingerprint density at radius 2 is 1.79 bits per heavy atom. The molecule has 0 saturated heterocycles. The zero-order chi connectivity index (χ0) is 20.8. The number of benzene rings is 2. The van der Waals surface area contributed by atoms with Crippen LogP contribution in [0, 0.1) is 30.3 Å². The first-order chi connectivity index (χ1) is 14.0. The lowest BCUT2D eigenvalue weighted by molar-refractivity contribution is 0.298. The normalized spacial score (nSPS) is 19.4. The second-order valence-corrected chi connectivity index (χ2v) is 7.70. The van der Waals surface area contributed by atoms with E-state index in [-0.39, 0.29) is 24.1 Å². The first-order valence-electron chi connectivity index (χ1n) is 10.2. The Kier molecular flexibility index (Phi) is 7.18. The predicted octanol–water partition coefficient (Wildman–Crippen LogP) is 7.35. The minimum atomic E-state index is -0.913. The van der Waals surface area contributed by atoms with Crippen molar-refractivity contribution in [3.05, 3.63) is 83.2 Å². The van der Waals surface area contributed by atoms with Crippen LogP contribution < -0.4 is 4.74 Å². The topological polar surface area (TPSA) is 9.23 Å². The van der Waals surface area contributed by atoms with Gasteiger partial charge in [-0.25, -0.2) is 8.78 Å². The maximum Gasteiger partial charge on any atom is 0.200 e. The average molecular weight is 400 g/mol. The predicted molar refractivity (Wildman–Crippen MR) is 112 cm³/mol. The van der Waals surface area contributed by atoms with Crippen molar-refractivity contribution < 1.29 is 17.9 Å². The summed E-state index contributed by atoms with van der Waals surface area (Å²) in [4.78, 5) is 0. The van der Waals surface area contributed by atoms with Gasteiger partial charge in [-0.2, -0.15) is 4.39 Å². The molecule has 1 aliphatic rings. The van der Waals surface area contributed by atoms with Crippen LogP contribution in [0.1, 0.15) is 54.7 Å². The summed E-state index contributed by atoms with van der Waals surface area (Å²) in [5.41, 5.74) is 1.90. The number of ether oxygens (including phenoxy) is 1. The number of hydrogen-bond donors (Lipinski definition) is 0. The maximum atomic E-state index is 14.6. The Hall–Kier alpha value is -2.49. The zero-order valence-electron chi connectivity index (χ0n) is 16.8. The minimum absolute atomic E-state index is 0.00696. The Labute approximate surface area is 170 Å². The van der Waals surface area contributed by atoms with Gasteiger partial charge in [-0.15, -0.1) is 6.58 Å². The van der Waals surface area contributed by atoms with Gasteiger partial charge in [0.2, 0.25) is 5.82 Å². The lowest BCUT2D eigenvalue weighted by Crippen LogP contribution is -2.14. The fourth-order valence-electron chi connectivity index (χ4n) is 3.86. The monoisotopic (exact) mass is 400 g/mol. The molecule has 2 aromatic carbocycles. The lowest BCUT2D eigenvalue weighted by Gasteiger charge is -2.27. The number of halogens is 3. The standard InChI is InChI=1S/C25H27F3O/c1-3-4-15-29-23-14-13-21(24(27)25(23)28)19-10-6-18(7-11-19)8-12-20-9-5-17(2)16-22(20)26/h3,5,8-9,12-14,16,18-19H,1,4,6-7,10-11,15H2,2H3/b12-8+. The quantitative estimate of drug-likeness (QED) is 0.349. The van der Waals surface area contributed by atoms with Crippen LogP contribution in [0.15, 0.2) is 49.1 Å². The van der Waals surface area contributed by atoms with E-state index < -0.39 is 11.6 Å². The molecule has 0 atom stereocenters. The molecule has 0 aromatic heterocycles. The minimum Gasteiger partial charge on any atom is -0.490 e. The van der Waals surface area contributed by atoms with E-state index in [1.54, 1.807) is 18.2 Å². The largest absolute Gasteiger partial charge is 0.490 e. The van der Waals surface area contributed by atoms with E-state index in [0.29, 0.717) is 23.5 Å². The van der Waals surface area contributed by atoms with Gasteiger partial charge in [0, 0.05) is 5.56 Å². The van der Waals surface area contributed by atoms with Crippen molar-refractivity contribution in [3.63, 3.8) is 0 Å². The molecule has 0 aliphatic heterocycles. The molecule has 0 N–H and O–H groups in total. The van der Waals surface area contributed by atoms with E-state index >= 15 is 0 Å². The molecule has 1 nitrogen and oxygen atoms in total. The van der Waals surface area contributed by atoms with Crippen LogP contribution in [0.4, 0.5) is 13.2 Å². The second kappa shape index (κ2) is 9.82. The molecule has 1 aliphatic carbocycles. The Morgan fingerprint density at radius 1 is 1.03 bits per heavy atom. The summed E-state index contributed by atoms with van der Waals surface area (Å²) in [5.74, 6) is -1.67. The lowest BCUT2D eigenvalue weighted by atomic mass is 9.78. The molecule has 0 amide bonds. The van der Waals surface area contributed by atoms with Gasteiger partial charge in [-0.1, -0.05) is 36.4 Å². The summed E-state index contributed by atoms with van der Waals surface area (Å²) in [7, 11) is 0. The van der Waals surface area contributed by atoms with Gasteiger partial charge < -0.3 is 4.74 Å². The molecule has 1 fully saturated rings. The van der Waals surface area contributed by atoms with Crippen LogP contribution in [-0.2, 0) is 0 Å². The van der Waals surface area contributed by atoms with Crippen molar-refractivity contribution in [1.82, 2.24) is 0 Å². The van der Waals surface area contributed by atoms with Crippen molar-refractivity contribution in [2.24, 2.45) is 5.92 Å². The van der Waals surface area contributed by atoms with Gasteiger partial charge >= 0.3 is 0 Å². The van der Waals surface area contributed by atoms with E-state index in [2.05, 4.69) is 6.58 Å². The Morgan fingerprint density at radius 3 is 2.48 bits per heavy atom. The third-order valence-electron chi connectivity index (χ3n) is 5.57. The molecule has 0 spiro atoms. The summed E-state index contributed by atoms with van der Waals surface area (Å²) in [6, 6.07) is 8.36. The van der Waals surface area contributed by atoms with Crippen molar-refractivity contribution in [3.8, 4) is 5.75 Å². The number of rotatable bonds is 7. The van der Waals surface area contributed by atoms with Crippen molar-refractivity contribution in [2.45, 2.75) is 44.9 Å². The SMILES string of the molecule is C=CCCOc1ccc(C2CCC(/C=C/c3ccc(C)cc3F)CC2)c(F)c1F. The van der Waals surface area contributed by atoms with Crippen molar-refractivity contribution in [2.75, 3.05) is 6.61 Å². The van der Waals surface area contributed by atoms with Crippen molar-refractivity contribution >= 4 is 6.08 Å². The van der Waals surface area contributed by atoms with E-state index in [9.17, 15) is 13.2 Å². The van der Waals surface area contributed by atoms with Crippen LogP contribution in [0.2, 0.25) is 0 Å². The summed E-state index contributed by atoms with van der Waals surface area (Å²) >= 11 is 0. The first-order valence-corrected chi connectivity index (χ1v) is 10.2. The van der Waals surface area contributed by atoms with Crippen LogP contribution in [0.3, 0.4) is 0 Å². The van der Waals surface area contributed by atoms with Crippen LogP contribution in [0.5, 0.6) is 5.75 Å². The average Bonchev–Trinajstić information content (AvgIpc) is 2.71. The Balaban J connectivity index is 1.61. The molecule has 0 heterocycles. The van der Waals surface area contributed by atoms with E-state index in [1.165, 1.54) is 12.1 Å². The van der Waals surface area contributed by atoms with Gasteiger partial charge in [-0.3, -0.25) is 0 Å². The number of hydrogen-bond acceptors (Lipinski definition) is 1. The molecule has 3 rings (SSSR count). The molecule has 0 unspecified atom stereocenters. The molecule has 2 aromatic rings. The highest BCUT2D eigenvalue weighted by atomic mass is 19.2. The van der Waals surface area contributed by atoms with E-state index in [4.69, 9.17) is 4.74 Å². The maximum absolute atomic E-state index is 14.6. The van der Waals surface area contributed by atoms with Gasteiger partial charge in [0.05, 0.1) is 6.61 Å². The number of aryl methyl sites for hydroxylation is 1. The van der Waals surface area contributed by atoms with Crippen LogP contribution in [0.25, 0.3) is 6.08 Å². The highest BCUT2D eigenvalue weighted by molar-refractivity contribution is 5.51. The van der Waals surface area contributed by atoms with Crippen LogP contribution in [-0.4, -0.2) is 6.61 Å². The van der Waals surface area contributed by atoms with Gasteiger partial charge in [0.25, 0.3) is 0 Å². The first kappa shape index (κ1) is 21.2. The van der Waals surface area contributed by atoms with Crippen LogP contribution >= 0.6 is 0 Å². The second-order valence-electron chi connectivity index (χ2n) is 7.70. The van der Waals surface area contributed by atoms with Gasteiger partial charge in [0.15, 0.2) is 11.6 Å². The third-order valence-corrected chi connectivity index (χ3v) is 5.57. The summed E-state index contributed by atoms with van der Waals surface area (Å²) in [6.45, 7) is 5.72. The fourth-order valence-corrected chi connectivity index (χ4v) is 3.86. The summed E-state index contributed by atoms with van der Waals surface area (Å²) in [6.07, 6.45) is 9.40. The molecular formula is C25H27F3O. The fraction of sp³-hybridized carbons (Fsp3) is 0.360. The third kappa shape index (κ3) is 5.31. The molecule has 154 valence electrons. The summed E-state index contributed by atoms with van der Waals surface area (Å²) in [5, 5.41) is 0. The molecule has 29 heavy (non-hydrogen) atoms. The zero-order valence-corrected chi connectivity index (χ0v) is 16.8. The smallest absolute Gasteiger partial charge is 0.200 e. The molecule has 1 saturated carbocycles. The van der Waals surface area contributed by atoms with E-state index in [0.717, 1.165) is 31.2 Å². The van der Waals surface area contributed by atoms with Crippen molar-refractivity contribution in [1.29, 1.82) is 0 Å². The van der Waals surface area contributed by atoms with Gasteiger partial charge in [-0.05, 0) is 74.1 Å². The molecular weight excluding hydrogens is 373 g/mol. The highest BCUT2D eigenvalue weighted by Gasteiger charge is 2.25. The number of allylic oxidation sites excluding steroid dienone is 1. The van der Waals surface area contributed by atoms with Gasteiger partial charge in [0.1, 0.15) is 5.82 Å². The molecule has 4 heteroatoms. The summed E-state index contributed by atoms with van der Waals surface area (Å²) < 4.78 is 48.1.